The first-order valence-corrected chi connectivity index (χ1v) is 7.33. The van der Waals surface area contributed by atoms with E-state index in [1.807, 2.05) is 19.1 Å². The number of rotatable bonds is 7. The zero-order valence-corrected chi connectivity index (χ0v) is 12.5. The molecule has 1 nitrogen and oxygen atoms in total. The van der Waals surface area contributed by atoms with Crippen molar-refractivity contribution in [2.24, 2.45) is 0 Å². The largest absolute Gasteiger partial charge is 0.389 e. The molecule has 4 heteroatoms. The molecule has 1 aromatic carbocycles. The van der Waals surface area contributed by atoms with Crippen molar-refractivity contribution in [1.29, 1.82) is 0 Å². The quantitative estimate of drug-likeness (QED) is 0.759. The molecule has 0 fully saturated rings. The summed E-state index contributed by atoms with van der Waals surface area (Å²) in [6.07, 6.45) is -2.88. The third-order valence-corrected chi connectivity index (χ3v) is 3.56. The van der Waals surface area contributed by atoms with E-state index in [0.29, 0.717) is 6.54 Å². The highest BCUT2D eigenvalue weighted by Gasteiger charge is 2.28. The van der Waals surface area contributed by atoms with Gasteiger partial charge in [-0.3, -0.25) is 0 Å². The molecule has 0 aliphatic heterocycles. The number of hydrogen-bond donors (Lipinski definition) is 1. The van der Waals surface area contributed by atoms with Crippen LogP contribution in [0.25, 0.3) is 0 Å². The number of nitrogens with one attached hydrogen (secondary N) is 1. The molecule has 0 saturated heterocycles. The number of aryl methyl sites for hydroxylation is 2. The van der Waals surface area contributed by atoms with Gasteiger partial charge in [0.25, 0.3) is 0 Å². The van der Waals surface area contributed by atoms with Gasteiger partial charge in [0.15, 0.2) is 0 Å². The van der Waals surface area contributed by atoms with Gasteiger partial charge in [-0.25, -0.2) is 0 Å². The monoisotopic (exact) mass is 287 g/mol. The SMILES string of the molecule is CCNC(CCC(F)(F)F)c1ccc(CC)c(CC)c1. The Morgan fingerprint density at radius 3 is 2.20 bits per heavy atom. The van der Waals surface area contributed by atoms with E-state index in [9.17, 15) is 13.2 Å². The lowest BCUT2D eigenvalue weighted by Crippen LogP contribution is -2.23. The van der Waals surface area contributed by atoms with Gasteiger partial charge >= 0.3 is 6.18 Å². The topological polar surface area (TPSA) is 12.0 Å². The van der Waals surface area contributed by atoms with Crippen molar-refractivity contribution in [2.75, 3.05) is 6.54 Å². The van der Waals surface area contributed by atoms with Crippen LogP contribution in [-0.2, 0) is 12.8 Å². The Balaban J connectivity index is 2.90. The highest BCUT2D eigenvalue weighted by atomic mass is 19.4. The third kappa shape index (κ3) is 5.16. The molecule has 1 N–H and O–H groups in total. The van der Waals surface area contributed by atoms with Crippen LogP contribution in [0.4, 0.5) is 13.2 Å². The average molecular weight is 287 g/mol. The predicted molar refractivity (Wildman–Crippen MR) is 76.9 cm³/mol. The van der Waals surface area contributed by atoms with E-state index in [4.69, 9.17) is 0 Å². The standard InChI is InChI=1S/C16H24F3N/c1-4-12-7-8-14(11-13(12)5-2)15(20-6-3)9-10-16(17,18)19/h7-8,11,15,20H,4-6,9-10H2,1-3H3. The minimum atomic E-state index is -4.09. The number of benzene rings is 1. The van der Waals surface area contributed by atoms with E-state index in [1.54, 1.807) is 0 Å². The van der Waals surface area contributed by atoms with Crippen LogP contribution in [-0.4, -0.2) is 12.7 Å². The molecule has 0 amide bonds. The fourth-order valence-electron chi connectivity index (χ4n) is 2.48. The van der Waals surface area contributed by atoms with Crippen LogP contribution < -0.4 is 5.32 Å². The van der Waals surface area contributed by atoms with Gasteiger partial charge in [0.05, 0.1) is 0 Å². The molecule has 1 unspecified atom stereocenters. The van der Waals surface area contributed by atoms with E-state index in [2.05, 4.69) is 25.2 Å². The van der Waals surface area contributed by atoms with Crippen molar-refractivity contribution in [2.45, 2.75) is 58.7 Å². The maximum Gasteiger partial charge on any atom is 0.389 e. The van der Waals surface area contributed by atoms with Gasteiger partial charge < -0.3 is 5.32 Å². The van der Waals surface area contributed by atoms with Crippen LogP contribution >= 0.6 is 0 Å². The first-order valence-electron chi connectivity index (χ1n) is 7.33. The predicted octanol–water partition coefficient (Wildman–Crippen LogP) is 4.80. The van der Waals surface area contributed by atoms with Gasteiger partial charge in [-0.05, 0) is 42.5 Å². The molecule has 20 heavy (non-hydrogen) atoms. The molecule has 0 bridgehead atoms. The minimum Gasteiger partial charge on any atom is -0.310 e. The van der Waals surface area contributed by atoms with Crippen molar-refractivity contribution in [1.82, 2.24) is 5.32 Å². The Bertz CT molecular complexity index is 413. The molecular weight excluding hydrogens is 263 g/mol. The van der Waals surface area contributed by atoms with Crippen LogP contribution in [0.3, 0.4) is 0 Å². The molecular formula is C16H24F3N. The van der Waals surface area contributed by atoms with Crippen molar-refractivity contribution in [3.8, 4) is 0 Å². The molecule has 0 aliphatic rings. The number of halogens is 3. The first-order chi connectivity index (χ1) is 9.41. The highest BCUT2D eigenvalue weighted by Crippen LogP contribution is 2.28. The van der Waals surface area contributed by atoms with Crippen LogP contribution in [0.15, 0.2) is 18.2 Å². The van der Waals surface area contributed by atoms with E-state index >= 15 is 0 Å². The summed E-state index contributed by atoms with van der Waals surface area (Å²) in [6.45, 7) is 6.76. The van der Waals surface area contributed by atoms with Gasteiger partial charge in [0.1, 0.15) is 0 Å². The summed E-state index contributed by atoms with van der Waals surface area (Å²) in [5.41, 5.74) is 3.48. The van der Waals surface area contributed by atoms with Crippen LogP contribution in [0.2, 0.25) is 0 Å². The van der Waals surface area contributed by atoms with Crippen LogP contribution in [0.1, 0.15) is 56.3 Å². The highest BCUT2D eigenvalue weighted by molar-refractivity contribution is 5.33. The molecule has 0 aliphatic carbocycles. The Morgan fingerprint density at radius 2 is 1.70 bits per heavy atom. The fourth-order valence-corrected chi connectivity index (χ4v) is 2.48. The Morgan fingerprint density at radius 1 is 1.05 bits per heavy atom. The third-order valence-electron chi connectivity index (χ3n) is 3.56. The smallest absolute Gasteiger partial charge is 0.310 e. The Labute approximate surface area is 119 Å². The van der Waals surface area contributed by atoms with Gasteiger partial charge in [-0.15, -0.1) is 0 Å². The second kappa shape index (κ2) is 7.67. The minimum absolute atomic E-state index is 0.0893. The summed E-state index contributed by atoms with van der Waals surface area (Å²) >= 11 is 0. The number of alkyl halides is 3. The average Bonchev–Trinajstić information content (AvgIpc) is 2.41. The maximum absolute atomic E-state index is 12.4. The molecule has 0 aromatic heterocycles. The van der Waals surface area contributed by atoms with Gasteiger partial charge in [-0.1, -0.05) is 39.0 Å². The fraction of sp³-hybridized carbons (Fsp3) is 0.625. The lowest BCUT2D eigenvalue weighted by atomic mass is 9.94. The molecule has 0 radical (unpaired) electrons. The lowest BCUT2D eigenvalue weighted by Gasteiger charge is -2.21. The summed E-state index contributed by atoms with van der Waals surface area (Å²) in [6, 6.07) is 5.84. The summed E-state index contributed by atoms with van der Waals surface area (Å²) < 4.78 is 37.2. The van der Waals surface area contributed by atoms with E-state index < -0.39 is 12.6 Å². The molecule has 1 atom stereocenters. The molecule has 1 rings (SSSR count). The Hall–Kier alpha value is -1.03. The van der Waals surface area contributed by atoms with E-state index in [0.717, 1.165) is 18.4 Å². The zero-order valence-electron chi connectivity index (χ0n) is 12.5. The second-order valence-electron chi connectivity index (χ2n) is 5.00. The van der Waals surface area contributed by atoms with E-state index in [1.165, 1.54) is 11.1 Å². The summed E-state index contributed by atoms with van der Waals surface area (Å²) in [5.74, 6) is 0. The molecule has 0 saturated carbocycles. The van der Waals surface area contributed by atoms with Gasteiger partial charge in [-0.2, -0.15) is 13.2 Å². The molecule has 1 aromatic rings. The second-order valence-corrected chi connectivity index (χ2v) is 5.00. The maximum atomic E-state index is 12.4. The van der Waals surface area contributed by atoms with Crippen LogP contribution in [0.5, 0.6) is 0 Å². The van der Waals surface area contributed by atoms with Crippen molar-refractivity contribution >= 4 is 0 Å². The van der Waals surface area contributed by atoms with Crippen molar-refractivity contribution < 1.29 is 13.2 Å². The summed E-state index contributed by atoms with van der Waals surface area (Å²) in [5, 5.41) is 3.16. The Kier molecular flexibility index (Phi) is 6.53. The lowest BCUT2D eigenvalue weighted by molar-refractivity contribution is -0.136. The van der Waals surface area contributed by atoms with E-state index in [-0.39, 0.29) is 12.5 Å². The molecule has 0 spiro atoms. The molecule has 114 valence electrons. The van der Waals surface area contributed by atoms with Crippen molar-refractivity contribution in [3.63, 3.8) is 0 Å². The zero-order chi connectivity index (χ0) is 15.2. The summed E-state index contributed by atoms with van der Waals surface area (Å²) in [4.78, 5) is 0. The number of hydrogen-bond acceptors (Lipinski definition) is 1. The first kappa shape index (κ1) is 17.0. The normalized spacial score (nSPS) is 13.5. The van der Waals surface area contributed by atoms with Gasteiger partial charge in [0, 0.05) is 12.5 Å². The van der Waals surface area contributed by atoms with Crippen LogP contribution in [0, 0.1) is 0 Å². The summed E-state index contributed by atoms with van der Waals surface area (Å²) in [7, 11) is 0. The van der Waals surface area contributed by atoms with Crippen molar-refractivity contribution in [3.05, 3.63) is 34.9 Å². The molecule has 0 heterocycles. The van der Waals surface area contributed by atoms with Gasteiger partial charge in [0.2, 0.25) is 0 Å².